The van der Waals surface area contributed by atoms with Crippen molar-refractivity contribution in [3.8, 4) is 0 Å². The fraction of sp³-hybridized carbons (Fsp3) is 0.143. The molecule has 0 saturated heterocycles. The Kier molecular flexibility index (Phi) is 2.72. The van der Waals surface area contributed by atoms with Gasteiger partial charge in [-0.05, 0) is 29.2 Å². The monoisotopic (exact) mass is 250 g/mol. The fourth-order valence-electron chi connectivity index (χ4n) is 0.605. The molecule has 48 valence electrons. The lowest BCUT2D eigenvalue weighted by Gasteiger charge is -1.76. The molecule has 0 unspecified atom stereocenters. The molecule has 0 N–H and O–H groups in total. The van der Waals surface area contributed by atoms with Crippen LogP contribution in [0.3, 0.4) is 0 Å². The summed E-state index contributed by atoms with van der Waals surface area (Å²) in [5.74, 6) is 0. The summed E-state index contributed by atoms with van der Waals surface area (Å²) in [4.78, 5) is 2.71. The number of thiophene rings is 1. The molecule has 1 rings (SSSR count). The van der Waals surface area contributed by atoms with E-state index in [0.29, 0.717) is 0 Å². The minimum atomic E-state index is 1.34. The summed E-state index contributed by atoms with van der Waals surface area (Å²) in [6, 6.07) is 4.27. The van der Waals surface area contributed by atoms with Gasteiger partial charge < -0.3 is 0 Å². The zero-order valence-corrected chi connectivity index (χ0v) is 8.07. The van der Waals surface area contributed by atoms with Crippen LogP contribution < -0.4 is 0 Å². The van der Waals surface area contributed by atoms with Crippen LogP contribution in [-0.4, -0.2) is 0 Å². The zero-order valence-electron chi connectivity index (χ0n) is 5.10. The summed E-state index contributed by atoms with van der Waals surface area (Å²) in [7, 11) is 0. The van der Waals surface area contributed by atoms with Gasteiger partial charge in [-0.3, -0.25) is 0 Å². The van der Waals surface area contributed by atoms with E-state index in [1.807, 2.05) is 15.4 Å². The third-order valence-corrected chi connectivity index (χ3v) is 2.31. The third-order valence-electron chi connectivity index (χ3n) is 0.988. The molecule has 0 bridgehead atoms. The molecule has 2 heteroatoms. The second-order valence-electron chi connectivity index (χ2n) is 1.74. The van der Waals surface area contributed by atoms with Crippen LogP contribution in [0.1, 0.15) is 9.75 Å². The predicted octanol–water partition coefficient (Wildman–Crippen LogP) is 3.46. The Morgan fingerprint density at radius 1 is 1.56 bits per heavy atom. The molecule has 0 aromatic carbocycles. The first-order chi connectivity index (χ1) is 4.33. The fourth-order valence-corrected chi connectivity index (χ4v) is 2.02. The van der Waals surface area contributed by atoms with E-state index < -0.39 is 0 Å². The van der Waals surface area contributed by atoms with Crippen molar-refractivity contribution in [2.75, 3.05) is 0 Å². The molecule has 0 aliphatic carbocycles. The summed E-state index contributed by atoms with van der Waals surface area (Å²) in [5.41, 5.74) is 0. The molecule has 0 amide bonds. The lowest BCUT2D eigenvalue weighted by atomic mass is 10.4. The summed E-state index contributed by atoms with van der Waals surface area (Å²) < 4.78 is 2.03. The quantitative estimate of drug-likeness (QED) is 0.669. The van der Waals surface area contributed by atoms with Crippen molar-refractivity contribution in [3.63, 3.8) is 0 Å². The summed E-state index contributed by atoms with van der Waals surface area (Å²) in [5, 5.41) is 0. The largest absolute Gasteiger partial charge is 0.141 e. The molecule has 0 aliphatic heterocycles. The average molecular weight is 250 g/mol. The van der Waals surface area contributed by atoms with E-state index in [2.05, 4.69) is 47.7 Å². The van der Waals surface area contributed by atoms with Gasteiger partial charge in [-0.2, -0.15) is 0 Å². The van der Waals surface area contributed by atoms with Crippen molar-refractivity contribution in [2.24, 2.45) is 0 Å². The number of aryl methyl sites for hydroxylation is 1. The third kappa shape index (κ3) is 2.10. The minimum Gasteiger partial charge on any atom is -0.141 e. The van der Waals surface area contributed by atoms with E-state index in [0.717, 1.165) is 0 Å². The van der Waals surface area contributed by atoms with Crippen molar-refractivity contribution < 1.29 is 0 Å². The molecular weight excluding hydrogens is 243 g/mol. The molecule has 0 atom stereocenters. The van der Waals surface area contributed by atoms with Gasteiger partial charge in [0, 0.05) is 9.75 Å². The molecule has 1 heterocycles. The molecule has 0 spiro atoms. The van der Waals surface area contributed by atoms with Crippen LogP contribution >= 0.6 is 33.9 Å². The number of hydrogen-bond donors (Lipinski definition) is 0. The predicted molar refractivity (Wildman–Crippen MR) is 52.1 cm³/mol. The lowest BCUT2D eigenvalue weighted by Crippen LogP contribution is -1.48. The highest BCUT2D eigenvalue weighted by molar-refractivity contribution is 14.1. The Balaban J connectivity index is 2.85. The van der Waals surface area contributed by atoms with E-state index in [1.165, 1.54) is 9.75 Å². The maximum absolute atomic E-state index is 2.23. The van der Waals surface area contributed by atoms with Crippen molar-refractivity contribution >= 4 is 40.0 Å². The van der Waals surface area contributed by atoms with Crippen molar-refractivity contribution in [2.45, 2.75) is 6.92 Å². The number of halogens is 1. The number of rotatable bonds is 1. The van der Waals surface area contributed by atoms with Crippen LogP contribution in [-0.2, 0) is 0 Å². The van der Waals surface area contributed by atoms with Crippen LogP contribution in [0.15, 0.2) is 16.2 Å². The SMILES string of the molecule is Cc1ccc(/C=C/I)s1. The first kappa shape index (κ1) is 7.28. The Labute approximate surface area is 72.7 Å². The average Bonchev–Trinajstić information content (AvgIpc) is 2.17. The Morgan fingerprint density at radius 3 is 2.78 bits per heavy atom. The second kappa shape index (κ2) is 3.37. The van der Waals surface area contributed by atoms with Crippen LogP contribution in [0.25, 0.3) is 6.08 Å². The van der Waals surface area contributed by atoms with E-state index >= 15 is 0 Å². The maximum Gasteiger partial charge on any atom is 0.0277 e. The van der Waals surface area contributed by atoms with E-state index in [4.69, 9.17) is 0 Å². The van der Waals surface area contributed by atoms with Crippen molar-refractivity contribution in [1.29, 1.82) is 0 Å². The van der Waals surface area contributed by atoms with Gasteiger partial charge in [0.25, 0.3) is 0 Å². The molecule has 0 fully saturated rings. The molecular formula is C7H7IS. The van der Waals surface area contributed by atoms with Crippen LogP contribution in [0.2, 0.25) is 0 Å². The van der Waals surface area contributed by atoms with Crippen LogP contribution in [0, 0.1) is 6.92 Å². The Morgan fingerprint density at radius 2 is 2.33 bits per heavy atom. The van der Waals surface area contributed by atoms with Gasteiger partial charge in [-0.25, -0.2) is 0 Å². The first-order valence-corrected chi connectivity index (χ1v) is 4.72. The van der Waals surface area contributed by atoms with Crippen LogP contribution in [0.5, 0.6) is 0 Å². The van der Waals surface area contributed by atoms with Gasteiger partial charge in [0.1, 0.15) is 0 Å². The summed E-state index contributed by atoms with van der Waals surface area (Å²) >= 11 is 4.05. The van der Waals surface area contributed by atoms with Gasteiger partial charge in [0.15, 0.2) is 0 Å². The van der Waals surface area contributed by atoms with Crippen molar-refractivity contribution in [3.05, 3.63) is 26.0 Å². The smallest absolute Gasteiger partial charge is 0.0277 e. The van der Waals surface area contributed by atoms with Gasteiger partial charge in [-0.15, -0.1) is 11.3 Å². The van der Waals surface area contributed by atoms with Gasteiger partial charge in [0.2, 0.25) is 0 Å². The lowest BCUT2D eigenvalue weighted by molar-refractivity contribution is 1.64. The van der Waals surface area contributed by atoms with E-state index in [-0.39, 0.29) is 0 Å². The van der Waals surface area contributed by atoms with Gasteiger partial charge in [0.05, 0.1) is 0 Å². The Bertz CT molecular complexity index is 212. The second-order valence-corrected chi connectivity index (χ2v) is 3.78. The van der Waals surface area contributed by atoms with E-state index in [9.17, 15) is 0 Å². The Hall–Kier alpha value is 0.170. The first-order valence-electron chi connectivity index (χ1n) is 2.66. The molecule has 0 radical (unpaired) electrons. The van der Waals surface area contributed by atoms with Gasteiger partial charge >= 0.3 is 0 Å². The topological polar surface area (TPSA) is 0 Å². The number of hydrogen-bond acceptors (Lipinski definition) is 1. The molecule has 9 heavy (non-hydrogen) atoms. The van der Waals surface area contributed by atoms with Crippen molar-refractivity contribution in [1.82, 2.24) is 0 Å². The molecule has 0 saturated carbocycles. The molecule has 0 aliphatic rings. The summed E-state index contributed by atoms with van der Waals surface area (Å²) in [6.07, 6.45) is 2.11. The maximum atomic E-state index is 2.23. The zero-order chi connectivity index (χ0) is 6.69. The molecule has 1 aromatic rings. The van der Waals surface area contributed by atoms with Crippen LogP contribution in [0.4, 0.5) is 0 Å². The van der Waals surface area contributed by atoms with E-state index in [1.54, 1.807) is 0 Å². The molecule has 1 aromatic heterocycles. The highest BCUT2D eigenvalue weighted by Gasteiger charge is 1.88. The summed E-state index contributed by atoms with van der Waals surface area (Å²) in [6.45, 7) is 2.12. The highest BCUT2D eigenvalue weighted by atomic mass is 127. The highest BCUT2D eigenvalue weighted by Crippen LogP contribution is 2.16. The standard InChI is InChI=1S/C7H7IS/c1-6-2-3-7(9-6)4-5-8/h2-5H,1H3/b5-4+. The van der Waals surface area contributed by atoms with Gasteiger partial charge in [-0.1, -0.05) is 22.6 Å². The molecule has 0 nitrogen and oxygen atoms in total. The minimum absolute atomic E-state index is 1.34. The normalized spacial score (nSPS) is 10.9.